The molecule has 0 unspecified atom stereocenters. The summed E-state index contributed by atoms with van der Waals surface area (Å²) in [6.07, 6.45) is 2.91. The van der Waals surface area contributed by atoms with Crippen molar-refractivity contribution < 1.29 is 27.9 Å². The van der Waals surface area contributed by atoms with Gasteiger partial charge in [0.15, 0.2) is 0 Å². The molecule has 1 aliphatic heterocycles. The molecule has 5 rings (SSSR count). The summed E-state index contributed by atoms with van der Waals surface area (Å²) in [4.78, 5) is 18.8. The monoisotopic (exact) mass is 514 g/mol. The van der Waals surface area contributed by atoms with Gasteiger partial charge in [0, 0.05) is 25.2 Å². The number of rotatable bonds is 7. The normalized spacial score (nSPS) is 20.5. The van der Waals surface area contributed by atoms with Crippen LogP contribution in [0.15, 0.2) is 41.6 Å². The Morgan fingerprint density at radius 2 is 1.76 bits per heavy atom. The Bertz CT molecular complexity index is 1170. The molecule has 0 radical (unpaired) electrons. The Kier molecular flexibility index (Phi) is 7.56. The van der Waals surface area contributed by atoms with Crippen molar-refractivity contribution in [3.63, 3.8) is 0 Å². The van der Waals surface area contributed by atoms with Crippen molar-refractivity contribution >= 4 is 11.7 Å². The van der Waals surface area contributed by atoms with Crippen LogP contribution >= 0.6 is 0 Å². The Morgan fingerprint density at radius 1 is 1.00 bits per heavy atom. The standard InChI is InChI=1S/C29H33F3N2O3/c30-29(31,32)26-14-20(10-12-24(26)21-5-2-1-3-6-21)18-37-33-27-8-4-7-22-11-9-19(13-25(22)27)15-34-16-23(17-34)28(35)36/h9-14,21,23H,1-8,15-18H2,(H,35,36)/b33-27+. The highest BCUT2D eigenvalue weighted by Crippen LogP contribution is 2.41. The minimum absolute atomic E-state index is 0.0170. The topological polar surface area (TPSA) is 62.1 Å². The second-order valence-electron chi connectivity index (χ2n) is 10.6. The lowest BCUT2D eigenvalue weighted by atomic mass is 9.81. The van der Waals surface area contributed by atoms with Gasteiger partial charge >= 0.3 is 12.1 Å². The zero-order valence-electron chi connectivity index (χ0n) is 20.9. The van der Waals surface area contributed by atoms with Crippen LogP contribution in [0, 0.1) is 5.92 Å². The molecule has 0 spiro atoms. The van der Waals surface area contributed by atoms with Crippen LogP contribution in [0.5, 0.6) is 0 Å². The van der Waals surface area contributed by atoms with E-state index in [1.54, 1.807) is 12.1 Å². The summed E-state index contributed by atoms with van der Waals surface area (Å²) in [5, 5.41) is 13.4. The van der Waals surface area contributed by atoms with Gasteiger partial charge in [-0.2, -0.15) is 13.2 Å². The van der Waals surface area contributed by atoms with Crippen molar-refractivity contribution in [2.45, 2.75) is 76.6 Å². The number of aryl methyl sites for hydroxylation is 1. The van der Waals surface area contributed by atoms with Crippen molar-refractivity contribution in [2.24, 2.45) is 11.1 Å². The zero-order valence-corrected chi connectivity index (χ0v) is 20.9. The summed E-state index contributed by atoms with van der Waals surface area (Å²) in [6, 6.07) is 10.9. The number of nitrogens with zero attached hydrogens (tertiary/aromatic N) is 2. The fraction of sp³-hybridized carbons (Fsp3) is 0.517. The number of alkyl halides is 3. The first kappa shape index (κ1) is 25.8. The first-order valence-corrected chi connectivity index (χ1v) is 13.2. The van der Waals surface area contributed by atoms with Crippen molar-refractivity contribution in [1.29, 1.82) is 0 Å². The first-order chi connectivity index (χ1) is 17.8. The Hall–Kier alpha value is -2.87. The number of carbonyl (C=O) groups is 1. The van der Waals surface area contributed by atoms with Crippen molar-refractivity contribution in [2.75, 3.05) is 13.1 Å². The van der Waals surface area contributed by atoms with E-state index in [1.807, 2.05) is 0 Å². The molecule has 198 valence electrons. The molecule has 37 heavy (non-hydrogen) atoms. The van der Waals surface area contributed by atoms with Gasteiger partial charge in [-0.3, -0.25) is 9.69 Å². The Morgan fingerprint density at radius 3 is 2.49 bits per heavy atom. The molecule has 2 aliphatic carbocycles. The molecule has 8 heteroatoms. The van der Waals surface area contributed by atoms with Gasteiger partial charge in [0.05, 0.1) is 17.2 Å². The van der Waals surface area contributed by atoms with Gasteiger partial charge < -0.3 is 9.94 Å². The quantitative estimate of drug-likeness (QED) is 0.427. The molecule has 0 amide bonds. The van der Waals surface area contributed by atoms with Gasteiger partial charge in [-0.1, -0.05) is 48.7 Å². The highest BCUT2D eigenvalue weighted by Gasteiger charge is 2.36. The van der Waals surface area contributed by atoms with E-state index in [9.17, 15) is 18.0 Å². The third-order valence-corrected chi connectivity index (χ3v) is 7.93. The minimum Gasteiger partial charge on any atom is -0.481 e. The second kappa shape index (κ2) is 10.9. The lowest BCUT2D eigenvalue weighted by Crippen LogP contribution is -2.49. The summed E-state index contributed by atoms with van der Waals surface area (Å²) in [5.74, 6) is -1.07. The number of carboxylic acids is 1. The van der Waals surface area contributed by atoms with Crippen LogP contribution in [-0.4, -0.2) is 34.8 Å². The maximum Gasteiger partial charge on any atom is 0.416 e. The van der Waals surface area contributed by atoms with Gasteiger partial charge in [0.1, 0.15) is 6.61 Å². The van der Waals surface area contributed by atoms with Crippen LogP contribution < -0.4 is 0 Å². The number of hydrogen-bond donors (Lipinski definition) is 1. The number of hydrogen-bond acceptors (Lipinski definition) is 4. The highest BCUT2D eigenvalue weighted by atomic mass is 19.4. The van der Waals surface area contributed by atoms with Crippen LogP contribution in [0.3, 0.4) is 0 Å². The molecule has 0 aromatic heterocycles. The summed E-state index contributed by atoms with van der Waals surface area (Å²) >= 11 is 0. The number of aliphatic carboxylic acids is 1. The molecule has 3 aliphatic rings. The molecular weight excluding hydrogens is 481 g/mol. The highest BCUT2D eigenvalue weighted by molar-refractivity contribution is 6.02. The Balaban J connectivity index is 1.27. The largest absolute Gasteiger partial charge is 0.481 e. The molecule has 1 N–H and O–H groups in total. The third-order valence-electron chi connectivity index (χ3n) is 7.93. The third kappa shape index (κ3) is 6.00. The second-order valence-corrected chi connectivity index (χ2v) is 10.6. The molecule has 1 saturated carbocycles. The van der Waals surface area contributed by atoms with Crippen LogP contribution in [0.2, 0.25) is 0 Å². The molecule has 5 nitrogen and oxygen atoms in total. The maximum absolute atomic E-state index is 13.9. The van der Waals surface area contributed by atoms with Crippen LogP contribution in [0.4, 0.5) is 13.2 Å². The smallest absolute Gasteiger partial charge is 0.416 e. The van der Waals surface area contributed by atoms with Gasteiger partial charge in [-0.25, -0.2) is 0 Å². The van der Waals surface area contributed by atoms with E-state index in [4.69, 9.17) is 9.94 Å². The van der Waals surface area contributed by atoms with Gasteiger partial charge in [-0.15, -0.1) is 0 Å². The molecule has 0 atom stereocenters. The maximum atomic E-state index is 13.9. The fourth-order valence-electron chi connectivity index (χ4n) is 5.89. The van der Waals surface area contributed by atoms with E-state index in [0.29, 0.717) is 30.8 Å². The minimum atomic E-state index is -4.39. The van der Waals surface area contributed by atoms with E-state index in [0.717, 1.165) is 68.2 Å². The molecule has 1 heterocycles. The molecule has 2 aromatic carbocycles. The Labute approximate surface area is 215 Å². The van der Waals surface area contributed by atoms with E-state index < -0.39 is 17.7 Å². The number of likely N-dealkylation sites (tertiary alicyclic amines) is 1. The van der Waals surface area contributed by atoms with Gasteiger partial charge in [0.2, 0.25) is 0 Å². The number of halogens is 3. The van der Waals surface area contributed by atoms with E-state index in [-0.39, 0.29) is 18.4 Å². The molecule has 0 bridgehead atoms. The molecule has 2 aromatic rings. The molecule has 1 saturated heterocycles. The van der Waals surface area contributed by atoms with Crippen LogP contribution in [0.1, 0.15) is 84.2 Å². The average Bonchev–Trinajstić information content (AvgIpc) is 2.86. The number of oxime groups is 1. The van der Waals surface area contributed by atoms with Crippen molar-refractivity contribution in [3.05, 3.63) is 69.8 Å². The SMILES string of the molecule is O=C(O)C1CN(Cc2ccc3c(c2)/C(=N/OCc2ccc(C4CCCCC4)c(C(F)(F)F)c2)CCC3)C1. The number of carboxylic acid groups (broad SMARTS) is 1. The van der Waals surface area contributed by atoms with Crippen LogP contribution in [-0.2, 0) is 35.4 Å². The van der Waals surface area contributed by atoms with Gasteiger partial charge in [0.25, 0.3) is 0 Å². The summed E-state index contributed by atoms with van der Waals surface area (Å²) in [6.45, 7) is 1.77. The predicted octanol–water partition coefficient (Wildman–Crippen LogP) is 6.53. The first-order valence-electron chi connectivity index (χ1n) is 13.2. The summed E-state index contributed by atoms with van der Waals surface area (Å²) in [7, 11) is 0. The molecule has 2 fully saturated rings. The van der Waals surface area contributed by atoms with Crippen molar-refractivity contribution in [3.8, 4) is 0 Å². The van der Waals surface area contributed by atoms with Crippen LogP contribution in [0.25, 0.3) is 0 Å². The zero-order chi connectivity index (χ0) is 26.0. The van der Waals surface area contributed by atoms with E-state index >= 15 is 0 Å². The lowest BCUT2D eigenvalue weighted by Gasteiger charge is -2.36. The lowest BCUT2D eigenvalue weighted by molar-refractivity contribution is -0.147. The number of benzene rings is 2. The number of fused-ring (bicyclic) bond motifs is 1. The van der Waals surface area contributed by atoms with E-state index in [2.05, 4.69) is 28.3 Å². The van der Waals surface area contributed by atoms with E-state index in [1.165, 1.54) is 11.6 Å². The molecular formula is C29H33F3N2O3. The fourth-order valence-corrected chi connectivity index (χ4v) is 5.89. The predicted molar refractivity (Wildman–Crippen MR) is 134 cm³/mol. The van der Waals surface area contributed by atoms with Crippen molar-refractivity contribution in [1.82, 2.24) is 4.90 Å². The summed E-state index contributed by atoms with van der Waals surface area (Å²) < 4.78 is 41.6. The van der Waals surface area contributed by atoms with Gasteiger partial charge in [-0.05, 0) is 72.4 Å². The average molecular weight is 515 g/mol. The summed E-state index contributed by atoms with van der Waals surface area (Å²) in [5.41, 5.74) is 4.43.